The van der Waals surface area contributed by atoms with Crippen molar-refractivity contribution in [2.24, 2.45) is 0 Å². The number of rotatable bonds is 4. The summed E-state index contributed by atoms with van der Waals surface area (Å²) in [6, 6.07) is 0. The van der Waals surface area contributed by atoms with Gasteiger partial charge < -0.3 is 9.47 Å². The summed E-state index contributed by atoms with van der Waals surface area (Å²) in [5.74, 6) is -0.126. The zero-order valence-electron chi connectivity index (χ0n) is 11.0. The Kier molecular flexibility index (Phi) is 4.36. The van der Waals surface area contributed by atoms with E-state index in [1.807, 2.05) is 6.92 Å². The molecule has 1 fully saturated rings. The van der Waals surface area contributed by atoms with E-state index in [1.165, 1.54) is 6.42 Å². The van der Waals surface area contributed by atoms with Gasteiger partial charge in [-0.25, -0.2) is 0 Å². The lowest BCUT2D eigenvalue weighted by molar-refractivity contribution is -0.175. The molecule has 0 saturated carbocycles. The summed E-state index contributed by atoms with van der Waals surface area (Å²) in [4.78, 5) is 11.0. The molecule has 3 nitrogen and oxygen atoms in total. The number of ether oxygens (including phenoxy) is 2. The Morgan fingerprint density at radius 3 is 2.56 bits per heavy atom. The summed E-state index contributed by atoms with van der Waals surface area (Å²) in [6.07, 6.45) is 4.59. The normalized spacial score (nSPS) is 28.8. The monoisotopic (exact) mass is 228 g/mol. The van der Waals surface area contributed by atoms with Gasteiger partial charge in [0.15, 0.2) is 0 Å². The van der Waals surface area contributed by atoms with Crippen LogP contribution in [0.2, 0.25) is 0 Å². The molecule has 0 aliphatic carbocycles. The van der Waals surface area contributed by atoms with Crippen LogP contribution in [0.1, 0.15) is 59.8 Å². The molecule has 0 aromatic carbocycles. The third-order valence-electron chi connectivity index (χ3n) is 3.19. The van der Waals surface area contributed by atoms with Gasteiger partial charge in [0, 0.05) is 12.8 Å². The van der Waals surface area contributed by atoms with Crippen molar-refractivity contribution in [2.75, 3.05) is 6.61 Å². The topological polar surface area (TPSA) is 35.5 Å². The summed E-state index contributed by atoms with van der Waals surface area (Å²) in [5.41, 5.74) is -0.169. The minimum Gasteiger partial charge on any atom is -0.466 e. The number of carbonyl (C=O) groups excluding carboxylic acids is 1. The Balaban J connectivity index is 2.37. The zero-order valence-corrected chi connectivity index (χ0v) is 11.0. The molecule has 1 saturated heterocycles. The van der Waals surface area contributed by atoms with Crippen LogP contribution in [0.15, 0.2) is 0 Å². The van der Waals surface area contributed by atoms with E-state index < -0.39 is 0 Å². The van der Waals surface area contributed by atoms with Gasteiger partial charge in [0.25, 0.3) is 0 Å². The molecule has 0 amide bonds. The summed E-state index contributed by atoms with van der Waals surface area (Å²) in [5, 5.41) is 0. The molecule has 0 N–H and O–H groups in total. The third kappa shape index (κ3) is 4.12. The second-order valence-corrected chi connectivity index (χ2v) is 5.49. The molecule has 94 valence electrons. The van der Waals surface area contributed by atoms with E-state index in [0.29, 0.717) is 13.0 Å². The molecule has 0 aromatic rings. The molecule has 1 rings (SSSR count). The minimum absolute atomic E-state index is 0.0399. The van der Waals surface area contributed by atoms with Gasteiger partial charge in [-0.2, -0.15) is 0 Å². The fourth-order valence-corrected chi connectivity index (χ4v) is 2.32. The maximum absolute atomic E-state index is 11.0. The van der Waals surface area contributed by atoms with Gasteiger partial charge in [-0.1, -0.05) is 6.92 Å². The summed E-state index contributed by atoms with van der Waals surface area (Å²) in [6.45, 7) is 8.65. The average molecular weight is 228 g/mol. The van der Waals surface area contributed by atoms with Crippen LogP contribution in [0.3, 0.4) is 0 Å². The van der Waals surface area contributed by atoms with Crippen molar-refractivity contribution in [3.05, 3.63) is 0 Å². The second kappa shape index (κ2) is 5.17. The zero-order chi connectivity index (χ0) is 12.2. The molecule has 1 aliphatic rings. The van der Waals surface area contributed by atoms with Gasteiger partial charge >= 0.3 is 5.97 Å². The van der Waals surface area contributed by atoms with Crippen molar-refractivity contribution in [3.63, 3.8) is 0 Å². The first-order valence-corrected chi connectivity index (χ1v) is 6.23. The second-order valence-electron chi connectivity index (χ2n) is 5.49. The maximum atomic E-state index is 11.0. The number of hydrogen-bond acceptors (Lipinski definition) is 3. The van der Waals surface area contributed by atoms with Crippen LogP contribution in [0.5, 0.6) is 0 Å². The van der Waals surface area contributed by atoms with Crippen molar-refractivity contribution in [3.8, 4) is 0 Å². The van der Waals surface area contributed by atoms with E-state index in [0.717, 1.165) is 19.3 Å². The number of esters is 1. The van der Waals surface area contributed by atoms with E-state index >= 15 is 0 Å². The smallest absolute Gasteiger partial charge is 0.305 e. The van der Waals surface area contributed by atoms with Crippen LogP contribution in [-0.4, -0.2) is 23.8 Å². The standard InChI is InChI=1S/C13H24O3/c1-5-11(14)15-10-9-13(4)8-6-7-12(2,3)16-13/h5-10H2,1-4H3. The highest BCUT2D eigenvalue weighted by molar-refractivity contribution is 5.68. The Bertz CT molecular complexity index is 248. The molecule has 1 heterocycles. The van der Waals surface area contributed by atoms with Gasteiger partial charge in [0.2, 0.25) is 0 Å². The Labute approximate surface area is 98.5 Å². The fourth-order valence-electron chi connectivity index (χ4n) is 2.32. The molecule has 0 aromatic heterocycles. The van der Waals surface area contributed by atoms with Crippen LogP contribution in [-0.2, 0) is 14.3 Å². The number of hydrogen-bond donors (Lipinski definition) is 0. The predicted molar refractivity (Wildman–Crippen MR) is 63.3 cm³/mol. The van der Waals surface area contributed by atoms with E-state index in [-0.39, 0.29) is 17.2 Å². The molecule has 0 radical (unpaired) electrons. The lowest BCUT2D eigenvalue weighted by atomic mass is 9.86. The maximum Gasteiger partial charge on any atom is 0.305 e. The summed E-state index contributed by atoms with van der Waals surface area (Å²) in [7, 11) is 0. The Hall–Kier alpha value is -0.570. The van der Waals surface area contributed by atoms with Crippen molar-refractivity contribution >= 4 is 5.97 Å². The molecule has 0 bridgehead atoms. The lowest BCUT2D eigenvalue weighted by Gasteiger charge is -2.43. The Morgan fingerprint density at radius 1 is 1.31 bits per heavy atom. The van der Waals surface area contributed by atoms with Gasteiger partial charge in [-0.05, 0) is 40.0 Å². The third-order valence-corrected chi connectivity index (χ3v) is 3.19. The largest absolute Gasteiger partial charge is 0.466 e. The Morgan fingerprint density at radius 2 is 2.00 bits per heavy atom. The van der Waals surface area contributed by atoms with Gasteiger partial charge in [0.05, 0.1) is 17.8 Å². The predicted octanol–water partition coefficient (Wildman–Crippen LogP) is 3.07. The first kappa shape index (κ1) is 13.5. The van der Waals surface area contributed by atoms with Gasteiger partial charge in [-0.3, -0.25) is 4.79 Å². The lowest BCUT2D eigenvalue weighted by Crippen LogP contribution is -2.44. The van der Waals surface area contributed by atoms with Crippen molar-refractivity contribution in [1.82, 2.24) is 0 Å². The highest BCUT2D eigenvalue weighted by Crippen LogP contribution is 2.36. The van der Waals surface area contributed by atoms with Crippen molar-refractivity contribution in [1.29, 1.82) is 0 Å². The fraction of sp³-hybridized carbons (Fsp3) is 0.923. The average Bonchev–Trinajstić information content (AvgIpc) is 2.15. The van der Waals surface area contributed by atoms with Crippen molar-refractivity contribution < 1.29 is 14.3 Å². The molecule has 3 heteroatoms. The van der Waals surface area contributed by atoms with Crippen molar-refractivity contribution in [2.45, 2.75) is 71.0 Å². The molecular weight excluding hydrogens is 204 g/mol. The molecule has 16 heavy (non-hydrogen) atoms. The van der Waals surface area contributed by atoms with E-state index in [2.05, 4.69) is 20.8 Å². The minimum atomic E-state index is -0.129. The SMILES string of the molecule is CCC(=O)OCCC1(C)CCCC(C)(C)O1. The van der Waals surface area contributed by atoms with Gasteiger partial charge in [-0.15, -0.1) is 0 Å². The molecular formula is C13H24O3. The van der Waals surface area contributed by atoms with Gasteiger partial charge in [0.1, 0.15) is 0 Å². The molecule has 1 aliphatic heterocycles. The summed E-state index contributed by atoms with van der Waals surface area (Å²) < 4.78 is 11.2. The number of carbonyl (C=O) groups is 1. The highest BCUT2D eigenvalue weighted by atomic mass is 16.5. The summed E-state index contributed by atoms with van der Waals surface area (Å²) >= 11 is 0. The molecule has 1 unspecified atom stereocenters. The van der Waals surface area contributed by atoms with Crippen LogP contribution >= 0.6 is 0 Å². The van der Waals surface area contributed by atoms with E-state index in [9.17, 15) is 4.79 Å². The molecule has 1 atom stereocenters. The quantitative estimate of drug-likeness (QED) is 0.694. The van der Waals surface area contributed by atoms with E-state index in [1.54, 1.807) is 0 Å². The van der Waals surface area contributed by atoms with Crippen LogP contribution in [0.4, 0.5) is 0 Å². The molecule has 0 spiro atoms. The first-order valence-electron chi connectivity index (χ1n) is 6.23. The van der Waals surface area contributed by atoms with E-state index in [4.69, 9.17) is 9.47 Å². The van der Waals surface area contributed by atoms with Crippen LogP contribution < -0.4 is 0 Å². The van der Waals surface area contributed by atoms with Crippen LogP contribution in [0, 0.1) is 0 Å². The van der Waals surface area contributed by atoms with Crippen LogP contribution in [0.25, 0.3) is 0 Å². The first-order chi connectivity index (χ1) is 7.37. The highest BCUT2D eigenvalue weighted by Gasteiger charge is 2.36.